The van der Waals surface area contributed by atoms with E-state index in [0.717, 1.165) is 46.9 Å². The third-order valence-corrected chi connectivity index (χ3v) is 5.01. The topological polar surface area (TPSA) is 76.2 Å². The van der Waals surface area contributed by atoms with Crippen LogP contribution in [0.3, 0.4) is 0 Å². The highest BCUT2D eigenvalue weighted by Crippen LogP contribution is 2.30. The van der Waals surface area contributed by atoms with Gasteiger partial charge in [-0.1, -0.05) is 0 Å². The summed E-state index contributed by atoms with van der Waals surface area (Å²) in [5.41, 5.74) is 3.05. The summed E-state index contributed by atoms with van der Waals surface area (Å²) in [5, 5.41) is 8.58. The van der Waals surface area contributed by atoms with Crippen LogP contribution >= 0.6 is 24.8 Å². The van der Waals surface area contributed by atoms with Gasteiger partial charge >= 0.3 is 0 Å². The summed E-state index contributed by atoms with van der Waals surface area (Å²) >= 11 is 0. The average molecular weight is 440 g/mol. The maximum atomic E-state index is 13.3. The van der Waals surface area contributed by atoms with Crippen LogP contribution in [0, 0.1) is 13.8 Å². The van der Waals surface area contributed by atoms with Crippen molar-refractivity contribution in [3.05, 3.63) is 35.4 Å². The molecule has 3 aromatic heterocycles. The van der Waals surface area contributed by atoms with E-state index in [1.54, 1.807) is 6.20 Å². The molecule has 1 fully saturated rings. The molecule has 0 aromatic carbocycles. The fourth-order valence-corrected chi connectivity index (χ4v) is 3.63. The number of halogens is 2. The van der Waals surface area contributed by atoms with Crippen LogP contribution in [0.4, 0.5) is 0 Å². The number of pyridine rings is 1. The molecule has 4 heterocycles. The van der Waals surface area contributed by atoms with Gasteiger partial charge in [-0.3, -0.25) is 4.79 Å². The number of hydrogen-bond acceptors (Lipinski definition) is 5. The highest BCUT2D eigenvalue weighted by atomic mass is 35.5. The van der Waals surface area contributed by atoms with Crippen LogP contribution in [0.2, 0.25) is 0 Å². The summed E-state index contributed by atoms with van der Waals surface area (Å²) in [7, 11) is 0. The Hall–Kier alpha value is -2.09. The van der Waals surface area contributed by atoms with Crippen molar-refractivity contribution >= 4 is 41.8 Å². The summed E-state index contributed by atoms with van der Waals surface area (Å²) in [6.07, 6.45) is 1.76. The predicted molar refractivity (Wildman–Crippen MR) is 118 cm³/mol. The Labute approximate surface area is 182 Å². The second kappa shape index (κ2) is 9.15. The lowest BCUT2D eigenvalue weighted by atomic mass is 10.1. The first-order valence-corrected chi connectivity index (χ1v) is 9.41. The molecule has 0 aliphatic carbocycles. The number of carbonyl (C=O) groups is 1. The third-order valence-electron chi connectivity index (χ3n) is 5.01. The van der Waals surface area contributed by atoms with Crippen molar-refractivity contribution in [1.82, 2.24) is 25.0 Å². The molecule has 0 spiro atoms. The molecular formula is C20H27Cl2N5O2. The van der Waals surface area contributed by atoms with Gasteiger partial charge in [0.2, 0.25) is 0 Å². The summed E-state index contributed by atoms with van der Waals surface area (Å²) in [6, 6.07) is 4.01. The Morgan fingerprint density at radius 3 is 2.45 bits per heavy atom. The molecule has 158 valence electrons. The quantitative estimate of drug-likeness (QED) is 0.671. The zero-order valence-electron chi connectivity index (χ0n) is 17.1. The first kappa shape index (κ1) is 23.2. The second-order valence-electron chi connectivity index (χ2n) is 7.34. The molecule has 0 radical (unpaired) electrons. The maximum Gasteiger partial charge on any atom is 0.254 e. The lowest BCUT2D eigenvalue weighted by Crippen LogP contribution is -2.46. The Balaban J connectivity index is 0.00000150. The largest absolute Gasteiger partial charge is 0.466 e. The SMILES string of the molecule is Cc1cc(-c2cc(C(=O)N3CCNCC3)c3cnn(C(C)C)c3n2)c(C)o1.Cl.Cl. The first-order chi connectivity index (χ1) is 13.0. The molecule has 1 saturated heterocycles. The molecule has 7 nitrogen and oxygen atoms in total. The van der Waals surface area contributed by atoms with E-state index in [4.69, 9.17) is 9.40 Å². The number of nitrogens with zero attached hydrogens (tertiary/aromatic N) is 4. The molecule has 1 N–H and O–H groups in total. The van der Waals surface area contributed by atoms with Crippen LogP contribution in [-0.2, 0) is 0 Å². The van der Waals surface area contributed by atoms with Crippen LogP contribution in [0.25, 0.3) is 22.3 Å². The normalized spacial score (nSPS) is 14.0. The van der Waals surface area contributed by atoms with Gasteiger partial charge in [-0.25, -0.2) is 9.67 Å². The Morgan fingerprint density at radius 1 is 1.17 bits per heavy atom. The number of rotatable bonds is 3. The first-order valence-electron chi connectivity index (χ1n) is 9.41. The molecular weight excluding hydrogens is 413 g/mol. The van der Waals surface area contributed by atoms with Crippen molar-refractivity contribution in [1.29, 1.82) is 0 Å². The van der Waals surface area contributed by atoms with Crippen LogP contribution < -0.4 is 5.32 Å². The van der Waals surface area contributed by atoms with Crippen molar-refractivity contribution in [3.63, 3.8) is 0 Å². The van der Waals surface area contributed by atoms with E-state index < -0.39 is 0 Å². The van der Waals surface area contributed by atoms with Gasteiger partial charge in [0.25, 0.3) is 5.91 Å². The molecule has 4 rings (SSSR count). The number of piperazine rings is 1. The van der Waals surface area contributed by atoms with E-state index in [-0.39, 0.29) is 36.8 Å². The van der Waals surface area contributed by atoms with Crippen molar-refractivity contribution in [3.8, 4) is 11.3 Å². The molecule has 29 heavy (non-hydrogen) atoms. The lowest BCUT2D eigenvalue weighted by Gasteiger charge is -2.27. The molecule has 0 bridgehead atoms. The van der Waals surface area contributed by atoms with Gasteiger partial charge in [0.1, 0.15) is 11.5 Å². The molecule has 0 atom stereocenters. The van der Waals surface area contributed by atoms with Crippen LogP contribution in [0.1, 0.15) is 41.8 Å². The highest BCUT2D eigenvalue weighted by Gasteiger charge is 2.24. The van der Waals surface area contributed by atoms with Crippen molar-refractivity contribution in [2.75, 3.05) is 26.2 Å². The Morgan fingerprint density at radius 2 is 1.86 bits per heavy atom. The van der Waals surface area contributed by atoms with E-state index in [9.17, 15) is 4.79 Å². The number of amides is 1. The minimum absolute atomic E-state index is 0. The molecule has 1 aliphatic heterocycles. The summed E-state index contributed by atoms with van der Waals surface area (Å²) < 4.78 is 7.56. The standard InChI is InChI=1S/C20H25N5O2.2ClH/c1-12(2)25-19-17(11-22-25)16(20(26)24-7-5-21-6-8-24)10-18(23-19)15-9-13(3)27-14(15)4;;/h9-12,21H,5-8H2,1-4H3;2*1H. The van der Waals surface area contributed by atoms with Gasteiger partial charge < -0.3 is 14.6 Å². The van der Waals surface area contributed by atoms with Crippen LogP contribution in [-0.4, -0.2) is 51.8 Å². The molecule has 1 amide bonds. The van der Waals surface area contributed by atoms with Crippen molar-refractivity contribution < 1.29 is 9.21 Å². The van der Waals surface area contributed by atoms with E-state index in [1.807, 2.05) is 35.6 Å². The Kier molecular flexibility index (Phi) is 7.32. The van der Waals surface area contributed by atoms with Crippen LogP contribution in [0.15, 0.2) is 22.7 Å². The third kappa shape index (κ3) is 4.27. The fraction of sp³-hybridized carbons (Fsp3) is 0.450. The molecule has 0 unspecified atom stereocenters. The van der Waals surface area contributed by atoms with E-state index in [2.05, 4.69) is 24.3 Å². The number of hydrogen-bond donors (Lipinski definition) is 1. The minimum atomic E-state index is 0. The monoisotopic (exact) mass is 439 g/mol. The van der Waals surface area contributed by atoms with Crippen molar-refractivity contribution in [2.24, 2.45) is 0 Å². The molecule has 9 heteroatoms. The average Bonchev–Trinajstić information content (AvgIpc) is 3.23. The molecule has 0 saturated carbocycles. The fourth-order valence-electron chi connectivity index (χ4n) is 3.63. The minimum Gasteiger partial charge on any atom is -0.466 e. The van der Waals surface area contributed by atoms with Gasteiger partial charge in [0.05, 0.1) is 22.8 Å². The van der Waals surface area contributed by atoms with E-state index >= 15 is 0 Å². The van der Waals surface area contributed by atoms with Gasteiger partial charge in [-0.05, 0) is 39.8 Å². The smallest absolute Gasteiger partial charge is 0.254 e. The summed E-state index contributed by atoms with van der Waals surface area (Å²) in [6.45, 7) is 11.0. The molecule has 1 aliphatic rings. The van der Waals surface area contributed by atoms with E-state index in [1.165, 1.54) is 0 Å². The second-order valence-corrected chi connectivity index (χ2v) is 7.34. The highest BCUT2D eigenvalue weighted by molar-refractivity contribution is 6.06. The van der Waals surface area contributed by atoms with Gasteiger partial charge in [0, 0.05) is 37.8 Å². The number of aryl methyl sites for hydroxylation is 2. The summed E-state index contributed by atoms with van der Waals surface area (Å²) in [4.78, 5) is 20.0. The predicted octanol–water partition coefficient (Wildman–Crippen LogP) is 3.78. The lowest BCUT2D eigenvalue weighted by molar-refractivity contribution is 0.0737. The number of fused-ring (bicyclic) bond motifs is 1. The zero-order chi connectivity index (χ0) is 19.1. The molecule has 3 aromatic rings. The van der Waals surface area contributed by atoms with Gasteiger partial charge in [-0.15, -0.1) is 24.8 Å². The van der Waals surface area contributed by atoms with Crippen LogP contribution in [0.5, 0.6) is 0 Å². The van der Waals surface area contributed by atoms with E-state index in [0.29, 0.717) is 18.7 Å². The van der Waals surface area contributed by atoms with Crippen molar-refractivity contribution in [2.45, 2.75) is 33.7 Å². The number of carbonyl (C=O) groups excluding carboxylic acids is 1. The Bertz CT molecular complexity index is 1010. The maximum absolute atomic E-state index is 13.3. The number of nitrogens with one attached hydrogen (secondary N) is 1. The summed E-state index contributed by atoms with van der Waals surface area (Å²) in [5.74, 6) is 1.67. The number of aromatic nitrogens is 3. The van der Waals surface area contributed by atoms with Gasteiger partial charge in [0.15, 0.2) is 5.65 Å². The number of furan rings is 1. The van der Waals surface area contributed by atoms with Gasteiger partial charge in [-0.2, -0.15) is 5.10 Å². The zero-order valence-corrected chi connectivity index (χ0v) is 18.7.